The molecule has 0 saturated carbocycles. The highest BCUT2D eigenvalue weighted by Crippen LogP contribution is 2.29. The number of nitrogens with zero attached hydrogens (tertiary/aromatic N) is 1. The van der Waals surface area contributed by atoms with E-state index in [0.717, 1.165) is 12.1 Å². The van der Waals surface area contributed by atoms with Crippen molar-refractivity contribution < 1.29 is 17.2 Å². The average molecular weight is 266 g/mol. The molecule has 86 valence electrons. The van der Waals surface area contributed by atoms with Gasteiger partial charge in [0.25, 0.3) is 15.5 Å². The van der Waals surface area contributed by atoms with Crippen molar-refractivity contribution in [2.24, 2.45) is 0 Å². The Morgan fingerprint density at radius 3 is 2.38 bits per heavy atom. The summed E-state index contributed by atoms with van der Waals surface area (Å²) in [6.45, 7) is 1.32. The second-order valence-corrected chi connectivity index (χ2v) is 5.60. The predicted octanol–water partition coefficient (Wildman–Crippen LogP) is 2.73. The van der Waals surface area contributed by atoms with E-state index in [2.05, 4.69) is 0 Å². The van der Waals surface area contributed by atoms with Crippen molar-refractivity contribution in [1.29, 1.82) is 5.26 Å². The van der Waals surface area contributed by atoms with E-state index in [9.17, 15) is 17.2 Å². The van der Waals surface area contributed by atoms with E-state index < -0.39 is 25.9 Å². The van der Waals surface area contributed by atoms with Crippen LogP contribution in [0.15, 0.2) is 17.0 Å². The molecule has 0 saturated heterocycles. The smallest absolute Gasteiger partial charge is 0.207 e. The molecule has 0 aliphatic carbocycles. The molecule has 0 amide bonds. The standard InChI is InChI=1S/C9H6ClF2NO2S/c1-5-6(4-13)2-7(16(10,14)15)3-8(5)9(11)12/h2-3,9H,1H3. The maximum Gasteiger partial charge on any atom is 0.264 e. The molecule has 0 N–H and O–H groups in total. The molecular weight excluding hydrogens is 260 g/mol. The van der Waals surface area contributed by atoms with Crippen LogP contribution in [0.1, 0.15) is 23.1 Å². The fourth-order valence-corrected chi connectivity index (χ4v) is 1.99. The Hall–Kier alpha value is -1.19. The van der Waals surface area contributed by atoms with Gasteiger partial charge < -0.3 is 0 Å². The topological polar surface area (TPSA) is 57.9 Å². The normalized spacial score (nSPS) is 11.5. The minimum absolute atomic E-state index is 0.0570. The Kier molecular flexibility index (Phi) is 3.51. The Labute approximate surface area is 95.7 Å². The van der Waals surface area contributed by atoms with Gasteiger partial charge in [-0.25, -0.2) is 17.2 Å². The lowest BCUT2D eigenvalue weighted by Crippen LogP contribution is -1.99. The quantitative estimate of drug-likeness (QED) is 0.773. The number of rotatable bonds is 2. The minimum Gasteiger partial charge on any atom is -0.207 e. The second kappa shape index (κ2) is 4.36. The maximum absolute atomic E-state index is 12.6. The molecule has 0 radical (unpaired) electrons. The van der Waals surface area contributed by atoms with Gasteiger partial charge in [0.2, 0.25) is 0 Å². The molecule has 1 aromatic carbocycles. The summed E-state index contributed by atoms with van der Waals surface area (Å²) in [5, 5.41) is 8.68. The van der Waals surface area contributed by atoms with Gasteiger partial charge in [0.05, 0.1) is 16.5 Å². The molecule has 1 rings (SSSR count). The predicted molar refractivity (Wildman–Crippen MR) is 53.9 cm³/mol. The molecule has 7 heteroatoms. The van der Waals surface area contributed by atoms with Crippen LogP contribution in [0.5, 0.6) is 0 Å². The zero-order chi connectivity index (χ0) is 12.5. The van der Waals surface area contributed by atoms with Crippen LogP contribution in [0.3, 0.4) is 0 Å². The van der Waals surface area contributed by atoms with Gasteiger partial charge in [-0.05, 0) is 24.6 Å². The molecule has 0 heterocycles. The molecule has 0 bridgehead atoms. The number of alkyl halides is 2. The van der Waals surface area contributed by atoms with Crippen molar-refractivity contribution in [3.63, 3.8) is 0 Å². The summed E-state index contributed by atoms with van der Waals surface area (Å²) < 4.78 is 47.1. The molecule has 0 aliphatic rings. The first-order valence-electron chi connectivity index (χ1n) is 4.05. The Morgan fingerprint density at radius 2 is 2.00 bits per heavy atom. The molecular formula is C9H6ClF2NO2S. The zero-order valence-corrected chi connectivity index (χ0v) is 9.61. The number of nitriles is 1. The average Bonchev–Trinajstić information content (AvgIpc) is 2.15. The van der Waals surface area contributed by atoms with Gasteiger partial charge in [0.15, 0.2) is 0 Å². The summed E-state index contributed by atoms with van der Waals surface area (Å²) >= 11 is 0. The summed E-state index contributed by atoms with van der Waals surface area (Å²) in [4.78, 5) is -0.494. The number of benzene rings is 1. The van der Waals surface area contributed by atoms with E-state index in [0.29, 0.717) is 0 Å². The Morgan fingerprint density at radius 1 is 1.44 bits per heavy atom. The first kappa shape index (κ1) is 12.9. The van der Waals surface area contributed by atoms with Crippen molar-refractivity contribution >= 4 is 19.7 Å². The molecule has 0 fully saturated rings. The molecule has 1 aromatic rings. The third-order valence-corrected chi connectivity index (χ3v) is 3.39. The lowest BCUT2D eigenvalue weighted by molar-refractivity contribution is 0.150. The number of hydrogen-bond donors (Lipinski definition) is 0. The summed E-state index contributed by atoms with van der Waals surface area (Å²) in [6.07, 6.45) is -2.86. The second-order valence-electron chi connectivity index (χ2n) is 3.04. The van der Waals surface area contributed by atoms with Crippen LogP contribution in [0, 0.1) is 18.3 Å². The summed E-state index contributed by atoms with van der Waals surface area (Å²) in [5.74, 6) is 0. The van der Waals surface area contributed by atoms with E-state index in [4.69, 9.17) is 15.9 Å². The van der Waals surface area contributed by atoms with Crippen LogP contribution in [0.4, 0.5) is 8.78 Å². The monoisotopic (exact) mass is 265 g/mol. The van der Waals surface area contributed by atoms with E-state index in [1.54, 1.807) is 6.07 Å². The maximum atomic E-state index is 12.6. The number of hydrogen-bond acceptors (Lipinski definition) is 3. The highest BCUT2D eigenvalue weighted by molar-refractivity contribution is 8.13. The Bertz CT molecular complexity index is 564. The summed E-state index contributed by atoms with van der Waals surface area (Å²) in [6, 6.07) is 3.40. The van der Waals surface area contributed by atoms with Crippen molar-refractivity contribution in [1.82, 2.24) is 0 Å². The van der Waals surface area contributed by atoms with Crippen LogP contribution in [-0.4, -0.2) is 8.42 Å². The van der Waals surface area contributed by atoms with Crippen LogP contribution >= 0.6 is 10.7 Å². The van der Waals surface area contributed by atoms with Crippen LogP contribution in [0.25, 0.3) is 0 Å². The van der Waals surface area contributed by atoms with Gasteiger partial charge in [0.1, 0.15) is 0 Å². The molecule has 0 aliphatic heterocycles. The van der Waals surface area contributed by atoms with Gasteiger partial charge in [-0.15, -0.1) is 0 Å². The van der Waals surface area contributed by atoms with Crippen molar-refractivity contribution in [2.45, 2.75) is 18.2 Å². The molecule has 0 atom stereocenters. The highest BCUT2D eigenvalue weighted by atomic mass is 35.7. The van der Waals surface area contributed by atoms with Gasteiger partial charge in [-0.2, -0.15) is 5.26 Å². The van der Waals surface area contributed by atoms with Crippen molar-refractivity contribution in [2.75, 3.05) is 0 Å². The van der Waals surface area contributed by atoms with Gasteiger partial charge in [-0.1, -0.05) is 0 Å². The van der Waals surface area contributed by atoms with Crippen LogP contribution < -0.4 is 0 Å². The van der Waals surface area contributed by atoms with E-state index in [1.165, 1.54) is 6.92 Å². The molecule has 0 spiro atoms. The van der Waals surface area contributed by atoms with Gasteiger partial charge >= 0.3 is 0 Å². The van der Waals surface area contributed by atoms with E-state index >= 15 is 0 Å². The minimum atomic E-state index is -4.12. The molecule has 0 unspecified atom stereocenters. The van der Waals surface area contributed by atoms with Crippen molar-refractivity contribution in [3.8, 4) is 6.07 Å². The molecule has 16 heavy (non-hydrogen) atoms. The lowest BCUT2D eigenvalue weighted by atomic mass is 10.0. The SMILES string of the molecule is Cc1c(C#N)cc(S(=O)(=O)Cl)cc1C(F)F. The summed E-state index contributed by atoms with van der Waals surface area (Å²) in [7, 11) is 0.914. The fraction of sp³-hybridized carbons (Fsp3) is 0.222. The summed E-state index contributed by atoms with van der Waals surface area (Å²) in [5.41, 5.74) is -0.572. The highest BCUT2D eigenvalue weighted by Gasteiger charge is 2.19. The van der Waals surface area contributed by atoms with Crippen LogP contribution in [0.2, 0.25) is 0 Å². The zero-order valence-electron chi connectivity index (χ0n) is 8.04. The molecule has 0 aromatic heterocycles. The van der Waals surface area contributed by atoms with E-state index in [1.807, 2.05) is 0 Å². The number of halogens is 3. The molecule has 3 nitrogen and oxygen atoms in total. The largest absolute Gasteiger partial charge is 0.264 e. The third-order valence-electron chi connectivity index (χ3n) is 2.06. The van der Waals surface area contributed by atoms with Gasteiger partial charge in [-0.3, -0.25) is 0 Å². The Balaban J connectivity index is 3.61. The first-order chi connectivity index (χ1) is 7.27. The van der Waals surface area contributed by atoms with Crippen molar-refractivity contribution in [3.05, 3.63) is 28.8 Å². The van der Waals surface area contributed by atoms with Gasteiger partial charge in [0, 0.05) is 16.2 Å². The third kappa shape index (κ3) is 2.49. The van der Waals surface area contributed by atoms with E-state index in [-0.39, 0.29) is 11.1 Å². The fourth-order valence-electron chi connectivity index (χ4n) is 1.19. The van der Waals surface area contributed by atoms with Crippen LogP contribution in [-0.2, 0) is 9.05 Å². The lowest BCUT2D eigenvalue weighted by Gasteiger charge is -2.08. The first-order valence-corrected chi connectivity index (χ1v) is 6.35.